The highest BCUT2D eigenvalue weighted by atomic mass is 19.1. The number of anilines is 1. The minimum absolute atomic E-state index is 0.109. The third-order valence-corrected chi connectivity index (χ3v) is 3.77. The predicted octanol–water partition coefficient (Wildman–Crippen LogP) is 2.84. The smallest absolute Gasteiger partial charge is 0.276 e. The van der Waals surface area contributed by atoms with Gasteiger partial charge in [-0.2, -0.15) is 0 Å². The van der Waals surface area contributed by atoms with E-state index in [2.05, 4.69) is 10.5 Å². The largest absolute Gasteiger partial charge is 0.381 e. The van der Waals surface area contributed by atoms with Crippen LogP contribution in [0.3, 0.4) is 0 Å². The van der Waals surface area contributed by atoms with E-state index in [0.717, 1.165) is 18.5 Å². The summed E-state index contributed by atoms with van der Waals surface area (Å²) in [5.74, 6) is 0.260. The van der Waals surface area contributed by atoms with Crippen LogP contribution in [0.4, 0.5) is 10.1 Å². The molecular formula is C16H18FN3O2. The van der Waals surface area contributed by atoms with Gasteiger partial charge in [-0.1, -0.05) is 5.16 Å². The number of hydrogen-bond donors (Lipinski definition) is 1. The van der Waals surface area contributed by atoms with Gasteiger partial charge in [0.1, 0.15) is 11.6 Å². The van der Waals surface area contributed by atoms with Crippen molar-refractivity contribution in [3.63, 3.8) is 0 Å². The molecule has 1 aliphatic rings. The molecule has 22 heavy (non-hydrogen) atoms. The first-order valence-electron chi connectivity index (χ1n) is 7.36. The summed E-state index contributed by atoms with van der Waals surface area (Å²) in [4.78, 5) is 14.2. The number of nitrogens with one attached hydrogen (secondary N) is 1. The van der Waals surface area contributed by atoms with E-state index in [1.54, 1.807) is 30.0 Å². The van der Waals surface area contributed by atoms with Crippen LogP contribution in [0, 0.1) is 12.7 Å². The van der Waals surface area contributed by atoms with Gasteiger partial charge in [0.2, 0.25) is 0 Å². The van der Waals surface area contributed by atoms with Gasteiger partial charge in [-0.05, 0) is 44.0 Å². The highest BCUT2D eigenvalue weighted by molar-refractivity contribution is 5.92. The van der Waals surface area contributed by atoms with Crippen LogP contribution in [0.25, 0.3) is 0 Å². The number of halogens is 1. The molecule has 116 valence electrons. The normalized spacial score (nSPS) is 18.3. The fraction of sp³-hybridized carbons (Fsp3) is 0.375. The summed E-state index contributed by atoms with van der Waals surface area (Å²) in [6, 6.07) is 8.06. The van der Waals surface area contributed by atoms with Gasteiger partial charge >= 0.3 is 0 Å². The molecule has 5 nitrogen and oxygen atoms in total. The molecule has 1 aromatic carbocycles. The molecule has 0 radical (unpaired) electrons. The van der Waals surface area contributed by atoms with Crippen molar-refractivity contribution >= 4 is 11.6 Å². The number of carbonyl (C=O) groups is 1. The lowest BCUT2D eigenvalue weighted by Gasteiger charge is -2.33. The molecule has 1 atom stereocenters. The number of hydrogen-bond acceptors (Lipinski definition) is 4. The summed E-state index contributed by atoms with van der Waals surface area (Å²) in [5, 5.41) is 7.13. The first-order chi connectivity index (χ1) is 10.6. The third-order valence-electron chi connectivity index (χ3n) is 3.77. The number of benzene rings is 1. The Morgan fingerprint density at radius 2 is 2.18 bits per heavy atom. The molecular weight excluding hydrogens is 285 g/mol. The average Bonchev–Trinajstić information content (AvgIpc) is 2.96. The van der Waals surface area contributed by atoms with Crippen molar-refractivity contribution in [3.05, 3.63) is 47.6 Å². The van der Waals surface area contributed by atoms with Crippen LogP contribution in [0.5, 0.6) is 0 Å². The molecule has 1 aromatic heterocycles. The van der Waals surface area contributed by atoms with E-state index in [0.29, 0.717) is 24.5 Å². The molecule has 1 saturated heterocycles. The molecule has 0 unspecified atom stereocenters. The van der Waals surface area contributed by atoms with Crippen molar-refractivity contribution in [2.75, 3.05) is 18.4 Å². The minimum atomic E-state index is -0.257. The summed E-state index contributed by atoms with van der Waals surface area (Å²) in [7, 11) is 0. The summed E-state index contributed by atoms with van der Waals surface area (Å²) in [6.45, 7) is 3.08. The van der Waals surface area contributed by atoms with Gasteiger partial charge in [-0.25, -0.2) is 4.39 Å². The standard InChI is InChI=1S/C16H18FN3O2/c1-11-9-15(19-22-11)16(21)20-8-2-3-14(10-20)18-13-6-4-12(17)5-7-13/h4-7,9,14,18H,2-3,8,10H2,1H3/t14-/m0/s1. The van der Waals surface area contributed by atoms with E-state index >= 15 is 0 Å². The summed E-state index contributed by atoms with van der Waals surface area (Å²) in [6.07, 6.45) is 1.89. The zero-order valence-electron chi connectivity index (χ0n) is 12.4. The number of aromatic nitrogens is 1. The molecule has 6 heteroatoms. The van der Waals surface area contributed by atoms with E-state index in [-0.39, 0.29) is 17.8 Å². The SMILES string of the molecule is Cc1cc(C(=O)N2CCC[C@H](Nc3ccc(F)cc3)C2)no1. The summed E-state index contributed by atoms with van der Waals surface area (Å²) in [5.41, 5.74) is 1.21. The molecule has 2 aromatic rings. The molecule has 3 rings (SSSR count). The van der Waals surface area contributed by atoms with Crippen LogP contribution in [-0.2, 0) is 0 Å². The van der Waals surface area contributed by atoms with Gasteiger partial charge in [-0.15, -0.1) is 0 Å². The zero-order chi connectivity index (χ0) is 15.5. The maximum atomic E-state index is 12.9. The Kier molecular flexibility index (Phi) is 4.09. The summed E-state index contributed by atoms with van der Waals surface area (Å²) < 4.78 is 17.9. The quantitative estimate of drug-likeness (QED) is 0.947. The Morgan fingerprint density at radius 1 is 1.41 bits per heavy atom. The van der Waals surface area contributed by atoms with Crippen LogP contribution in [0.1, 0.15) is 29.1 Å². The zero-order valence-corrected chi connectivity index (χ0v) is 12.4. The maximum Gasteiger partial charge on any atom is 0.276 e. The lowest BCUT2D eigenvalue weighted by Crippen LogP contribution is -2.45. The second kappa shape index (κ2) is 6.17. The fourth-order valence-corrected chi connectivity index (χ4v) is 2.69. The van der Waals surface area contributed by atoms with Crippen molar-refractivity contribution in [2.24, 2.45) is 0 Å². The van der Waals surface area contributed by atoms with Gasteiger partial charge in [0, 0.05) is 30.9 Å². The Hall–Kier alpha value is -2.37. The Bertz CT molecular complexity index is 654. The Balaban J connectivity index is 1.63. The van der Waals surface area contributed by atoms with Gasteiger partial charge in [-0.3, -0.25) is 4.79 Å². The lowest BCUT2D eigenvalue weighted by atomic mass is 10.0. The highest BCUT2D eigenvalue weighted by Crippen LogP contribution is 2.18. The Morgan fingerprint density at radius 3 is 2.86 bits per heavy atom. The van der Waals surface area contributed by atoms with Crippen molar-refractivity contribution < 1.29 is 13.7 Å². The van der Waals surface area contributed by atoms with Gasteiger partial charge in [0.25, 0.3) is 5.91 Å². The molecule has 0 aliphatic carbocycles. The van der Waals surface area contributed by atoms with E-state index < -0.39 is 0 Å². The predicted molar refractivity (Wildman–Crippen MR) is 80.2 cm³/mol. The highest BCUT2D eigenvalue weighted by Gasteiger charge is 2.26. The third kappa shape index (κ3) is 3.27. The Labute approximate surface area is 128 Å². The fourth-order valence-electron chi connectivity index (χ4n) is 2.69. The van der Waals surface area contributed by atoms with E-state index in [1.807, 2.05) is 0 Å². The number of nitrogens with zero attached hydrogens (tertiary/aromatic N) is 2. The number of likely N-dealkylation sites (tertiary alicyclic amines) is 1. The second-order valence-electron chi connectivity index (χ2n) is 5.56. The monoisotopic (exact) mass is 303 g/mol. The molecule has 0 saturated carbocycles. The van der Waals surface area contributed by atoms with Crippen molar-refractivity contribution in [2.45, 2.75) is 25.8 Å². The molecule has 0 spiro atoms. The molecule has 1 aliphatic heterocycles. The van der Waals surface area contributed by atoms with Gasteiger partial charge in [0.05, 0.1) is 0 Å². The van der Waals surface area contributed by atoms with Crippen LogP contribution in [0.2, 0.25) is 0 Å². The second-order valence-corrected chi connectivity index (χ2v) is 5.56. The molecule has 0 bridgehead atoms. The molecule has 1 fully saturated rings. The maximum absolute atomic E-state index is 12.9. The molecule has 2 heterocycles. The van der Waals surface area contributed by atoms with Crippen LogP contribution < -0.4 is 5.32 Å². The number of aryl methyl sites for hydroxylation is 1. The van der Waals surface area contributed by atoms with E-state index in [4.69, 9.17) is 4.52 Å². The van der Waals surface area contributed by atoms with Crippen LogP contribution in [0.15, 0.2) is 34.9 Å². The topological polar surface area (TPSA) is 58.4 Å². The number of amides is 1. The average molecular weight is 303 g/mol. The minimum Gasteiger partial charge on any atom is -0.381 e. The van der Waals surface area contributed by atoms with Crippen LogP contribution >= 0.6 is 0 Å². The van der Waals surface area contributed by atoms with Crippen molar-refractivity contribution in [1.82, 2.24) is 10.1 Å². The number of carbonyl (C=O) groups excluding carboxylic acids is 1. The first-order valence-corrected chi connectivity index (χ1v) is 7.36. The van der Waals surface area contributed by atoms with Crippen LogP contribution in [-0.4, -0.2) is 35.1 Å². The lowest BCUT2D eigenvalue weighted by molar-refractivity contribution is 0.0704. The van der Waals surface area contributed by atoms with Crippen molar-refractivity contribution in [1.29, 1.82) is 0 Å². The number of rotatable bonds is 3. The van der Waals surface area contributed by atoms with Gasteiger partial charge in [0.15, 0.2) is 5.69 Å². The molecule has 1 N–H and O–H groups in total. The number of piperidine rings is 1. The van der Waals surface area contributed by atoms with E-state index in [1.165, 1.54) is 12.1 Å². The molecule has 1 amide bonds. The summed E-state index contributed by atoms with van der Waals surface area (Å²) >= 11 is 0. The van der Waals surface area contributed by atoms with E-state index in [9.17, 15) is 9.18 Å². The van der Waals surface area contributed by atoms with Crippen molar-refractivity contribution in [3.8, 4) is 0 Å². The first kappa shape index (κ1) is 14.6. The van der Waals surface area contributed by atoms with Gasteiger partial charge < -0.3 is 14.7 Å².